The van der Waals surface area contributed by atoms with Crippen LogP contribution in [0.5, 0.6) is 0 Å². The Balaban J connectivity index is 0.000000260. The van der Waals surface area contributed by atoms with Gasteiger partial charge in [0.25, 0.3) is 0 Å². The monoisotopic (exact) mass is 696 g/mol. The van der Waals surface area contributed by atoms with Gasteiger partial charge in [-0.2, -0.15) is 6.08 Å². The van der Waals surface area contributed by atoms with E-state index in [1.807, 2.05) is 12.2 Å². The fourth-order valence-electron chi connectivity index (χ4n) is 5.06. The molecule has 0 atom stereocenters. The van der Waals surface area contributed by atoms with Gasteiger partial charge in [-0.1, -0.05) is 76.9 Å². The first-order chi connectivity index (χ1) is 19.8. The second kappa shape index (κ2) is 16.2. The Bertz CT molecular complexity index is 1630. The van der Waals surface area contributed by atoms with Gasteiger partial charge < -0.3 is 24.8 Å². The zero-order chi connectivity index (χ0) is 30.5. The molecule has 0 aromatic heterocycles. The number of hydrogen-bond donors (Lipinski definition) is 0. The van der Waals surface area contributed by atoms with Gasteiger partial charge >= 0.3 is 112 Å². The van der Waals surface area contributed by atoms with Gasteiger partial charge in [0.2, 0.25) is 0 Å². The van der Waals surface area contributed by atoms with Crippen LogP contribution in [0.3, 0.4) is 0 Å². The first kappa shape index (κ1) is 37.7. The first-order valence-corrected chi connectivity index (χ1v) is 16.1. The van der Waals surface area contributed by atoms with Crippen LogP contribution in [-0.2, 0) is 35.1 Å². The molecule has 3 heteroatoms. The van der Waals surface area contributed by atoms with Crippen molar-refractivity contribution < 1.29 is 49.0 Å². The average Bonchev–Trinajstić information content (AvgIpc) is 3.63. The quantitative estimate of drug-likeness (QED) is 0.227. The Hall–Kier alpha value is -2.44. The zero-order valence-electron chi connectivity index (χ0n) is 27.4. The number of benzene rings is 4. The molecule has 0 bridgehead atoms. The molecule has 6 rings (SSSR count). The van der Waals surface area contributed by atoms with E-state index in [0.29, 0.717) is 0 Å². The van der Waals surface area contributed by atoms with Crippen molar-refractivity contribution >= 4 is 24.8 Å². The van der Waals surface area contributed by atoms with Gasteiger partial charge in [-0.05, 0) is 10.8 Å². The Labute approximate surface area is 293 Å². The minimum absolute atomic E-state index is 0. The van der Waals surface area contributed by atoms with Crippen LogP contribution in [0.2, 0.25) is 0 Å². The third kappa shape index (κ3) is 10.0. The van der Waals surface area contributed by atoms with E-state index in [0.717, 1.165) is 6.42 Å². The van der Waals surface area contributed by atoms with Crippen LogP contribution in [0.4, 0.5) is 0 Å². The van der Waals surface area contributed by atoms with E-state index in [9.17, 15) is 0 Å². The van der Waals surface area contributed by atoms with Crippen LogP contribution in [0.25, 0.3) is 21.5 Å². The summed E-state index contributed by atoms with van der Waals surface area (Å²) in [5.41, 5.74) is 8.56. The van der Waals surface area contributed by atoms with Crippen molar-refractivity contribution in [3.63, 3.8) is 0 Å². The molecule has 1 aliphatic carbocycles. The number of aryl methyl sites for hydroxylation is 2. The van der Waals surface area contributed by atoms with Crippen LogP contribution in [0.15, 0.2) is 109 Å². The fourth-order valence-corrected chi connectivity index (χ4v) is 5.83. The van der Waals surface area contributed by atoms with Gasteiger partial charge in [-0.15, -0.1) is 46.2 Å². The summed E-state index contributed by atoms with van der Waals surface area (Å²) >= 11 is 1.47. The van der Waals surface area contributed by atoms with Crippen molar-refractivity contribution in [2.75, 3.05) is 0 Å². The molecule has 0 unspecified atom stereocenters. The van der Waals surface area contributed by atoms with Crippen LogP contribution in [0, 0.1) is 19.9 Å². The third-order valence-electron chi connectivity index (χ3n) is 7.64. The maximum Gasteiger partial charge on any atom is -0.109 e. The van der Waals surface area contributed by atoms with Crippen LogP contribution < -0.4 is 24.8 Å². The summed E-state index contributed by atoms with van der Waals surface area (Å²) in [6, 6.07) is 33.6. The Morgan fingerprint density at radius 2 is 1.11 bits per heavy atom. The second-order valence-electron chi connectivity index (χ2n) is 13.4. The maximum absolute atomic E-state index is 2.99. The van der Waals surface area contributed by atoms with Gasteiger partial charge in [0.1, 0.15) is 0 Å². The van der Waals surface area contributed by atoms with E-state index in [-0.39, 0.29) is 35.6 Å². The number of halogens is 2. The van der Waals surface area contributed by atoms with Gasteiger partial charge in [0.05, 0.1) is 0 Å². The van der Waals surface area contributed by atoms with E-state index in [1.54, 1.807) is 0 Å². The Kier molecular flexibility index (Phi) is 13.9. The molecule has 0 fully saturated rings. The van der Waals surface area contributed by atoms with E-state index in [1.165, 1.54) is 82.4 Å². The number of allylic oxidation sites excluding steroid dienone is 4. The summed E-state index contributed by atoms with van der Waals surface area (Å²) in [5.74, 6) is 0. The molecular weight excluding hydrogens is 655 g/mol. The minimum Gasteiger partial charge on any atom is -1.00 e. The van der Waals surface area contributed by atoms with E-state index < -0.39 is 0 Å². The molecule has 1 aliphatic rings. The van der Waals surface area contributed by atoms with E-state index in [2.05, 4.69) is 159 Å². The fraction of sp³-hybridized carbons (Fsp3) is 0.268. The van der Waals surface area contributed by atoms with Crippen LogP contribution >= 0.6 is 0 Å². The van der Waals surface area contributed by atoms with Gasteiger partial charge in [0, 0.05) is 0 Å². The number of fused-ring (bicyclic) bond motifs is 3. The van der Waals surface area contributed by atoms with Crippen molar-refractivity contribution in [3.05, 3.63) is 149 Å². The molecule has 0 amide bonds. The summed E-state index contributed by atoms with van der Waals surface area (Å²) < 4.78 is 1.43. The smallest absolute Gasteiger partial charge is 0.109 e. The molecule has 0 aliphatic heterocycles. The van der Waals surface area contributed by atoms with Crippen molar-refractivity contribution in [2.45, 2.75) is 72.6 Å². The summed E-state index contributed by atoms with van der Waals surface area (Å²) in [6.45, 7) is 17.9. The van der Waals surface area contributed by atoms with Crippen LogP contribution in [-0.4, -0.2) is 3.21 Å². The average molecular weight is 699 g/mol. The topological polar surface area (TPSA) is 0 Å². The normalized spacial score (nSPS) is 12.0. The third-order valence-corrected chi connectivity index (χ3v) is 9.05. The molecule has 0 nitrogen and oxygen atoms in total. The van der Waals surface area contributed by atoms with Crippen LogP contribution in [0.1, 0.15) is 81.3 Å². The SMILES string of the molecule is CC(C)(C)c1ccc2c(c1)[cH-]c1cc(C(C)(C)C)ccc12.Cc1cccc([C](=[Zr+2])c2cccc(C)c2)c1.[C-]1=CC=CC1.[Cl-].[Cl-]. The molecule has 0 heterocycles. The predicted molar refractivity (Wildman–Crippen MR) is 182 cm³/mol. The van der Waals surface area contributed by atoms with Gasteiger partial charge in [-0.3, -0.25) is 6.08 Å². The van der Waals surface area contributed by atoms with Gasteiger partial charge in [-0.25, -0.2) is 12.2 Å². The summed E-state index contributed by atoms with van der Waals surface area (Å²) in [4.78, 5) is 0. The maximum atomic E-state index is 2.99. The Morgan fingerprint density at radius 3 is 1.43 bits per heavy atom. The number of hydrogen-bond acceptors (Lipinski definition) is 0. The molecule has 0 spiro atoms. The molecule has 5 aromatic rings. The summed E-state index contributed by atoms with van der Waals surface area (Å²) in [5, 5.41) is 5.48. The summed E-state index contributed by atoms with van der Waals surface area (Å²) in [7, 11) is 0. The standard InChI is InChI=1S/C21H25.C15H14.C5H5.2ClH.Zr/c1-20(2,3)16-7-9-18-14(12-16)11-15-13-17(21(4,5)6)8-10-19(15)18;1-12-5-3-7-14(9-12)11-15-8-4-6-13(2)10-15;1-2-4-5-3-1;;;/h7-13H,1-6H3;3-10H,1-2H3;1-3H,4H2;2*1H;/q-1;;-1;;;+2/p-2. The van der Waals surface area contributed by atoms with Crippen molar-refractivity contribution in [1.82, 2.24) is 0 Å². The predicted octanol–water partition coefficient (Wildman–Crippen LogP) is 5.04. The van der Waals surface area contributed by atoms with E-state index >= 15 is 0 Å². The summed E-state index contributed by atoms with van der Waals surface area (Å²) in [6.07, 6.45) is 10.0. The van der Waals surface area contributed by atoms with Gasteiger partial charge in [0.15, 0.2) is 0 Å². The largest absolute Gasteiger partial charge is 1.00 e. The first-order valence-electron chi connectivity index (χ1n) is 14.9. The molecule has 0 N–H and O–H groups in total. The second-order valence-corrected chi connectivity index (χ2v) is 14.6. The molecule has 0 saturated carbocycles. The Morgan fingerprint density at radius 1 is 0.659 bits per heavy atom. The molecular formula is C41H44Cl2Zr-2. The molecule has 0 saturated heterocycles. The number of rotatable bonds is 2. The zero-order valence-corrected chi connectivity index (χ0v) is 31.3. The molecule has 0 radical (unpaired) electrons. The molecule has 44 heavy (non-hydrogen) atoms. The molecule has 228 valence electrons. The van der Waals surface area contributed by atoms with Crippen molar-refractivity contribution in [1.29, 1.82) is 0 Å². The van der Waals surface area contributed by atoms with Crippen molar-refractivity contribution in [2.24, 2.45) is 0 Å². The van der Waals surface area contributed by atoms with E-state index in [4.69, 9.17) is 0 Å². The minimum atomic E-state index is 0. The van der Waals surface area contributed by atoms with Crippen molar-refractivity contribution in [3.8, 4) is 0 Å². The molecule has 5 aromatic carbocycles.